The molecule has 1 saturated heterocycles. The van der Waals surface area contributed by atoms with Crippen molar-refractivity contribution in [1.29, 1.82) is 0 Å². The van der Waals surface area contributed by atoms with Gasteiger partial charge in [0, 0.05) is 0 Å². The van der Waals surface area contributed by atoms with Gasteiger partial charge in [-0.15, -0.1) is 0 Å². The smallest absolute Gasteiger partial charge is 0.274 e. The van der Waals surface area contributed by atoms with Crippen LogP contribution in [0.2, 0.25) is 5.02 Å². The number of benzene rings is 1. The Morgan fingerprint density at radius 2 is 1.54 bits per heavy atom. The lowest BCUT2D eigenvalue weighted by molar-refractivity contribution is -0.137. The number of carbonyl (C=O) groups excluding carboxylic acids is 2. The number of allylic oxidation sites excluding steroid dienone is 2. The molecule has 4 atom stereocenters. The minimum atomic E-state index is -4.65. The standard InChI is InChI=1S/C17H13ClF3NO2/c18-12-6-5-10(7-11(12)17(19,20)21)22-15(23)13-8-1-2-9(4-3-8)14(13)16(22)24/h1-2,5-9,13-14H,3-4H2/t8-,9-,13-,14+/m0/s1. The van der Waals surface area contributed by atoms with Crippen molar-refractivity contribution in [2.45, 2.75) is 19.0 Å². The second-order valence-corrected chi connectivity index (χ2v) is 6.92. The molecular weight excluding hydrogens is 343 g/mol. The molecule has 24 heavy (non-hydrogen) atoms. The molecule has 0 spiro atoms. The number of fused-ring (bicyclic) bond motifs is 1. The van der Waals surface area contributed by atoms with Gasteiger partial charge in [0.15, 0.2) is 0 Å². The highest BCUT2D eigenvalue weighted by Crippen LogP contribution is 2.50. The molecule has 126 valence electrons. The zero-order valence-electron chi connectivity index (χ0n) is 12.4. The Morgan fingerprint density at radius 1 is 1.00 bits per heavy atom. The molecule has 0 N–H and O–H groups in total. The number of imide groups is 1. The van der Waals surface area contributed by atoms with Crippen molar-refractivity contribution in [2.24, 2.45) is 23.7 Å². The third-order valence-corrected chi connectivity index (χ3v) is 5.60. The molecule has 1 saturated carbocycles. The van der Waals surface area contributed by atoms with Crippen LogP contribution >= 0.6 is 11.6 Å². The highest BCUT2D eigenvalue weighted by Gasteiger charge is 2.57. The summed E-state index contributed by atoms with van der Waals surface area (Å²) in [6.07, 6.45) is 0.958. The van der Waals surface area contributed by atoms with E-state index in [9.17, 15) is 22.8 Å². The molecule has 1 aliphatic heterocycles. The molecule has 2 fully saturated rings. The number of carbonyl (C=O) groups is 2. The fourth-order valence-electron chi connectivity index (χ4n) is 4.20. The molecule has 2 bridgehead atoms. The molecule has 1 heterocycles. The lowest BCUT2D eigenvalue weighted by Crippen LogP contribution is -2.38. The molecule has 3 aliphatic carbocycles. The van der Waals surface area contributed by atoms with Crippen LogP contribution in [0.5, 0.6) is 0 Å². The Hall–Kier alpha value is -1.82. The van der Waals surface area contributed by atoms with Crippen LogP contribution in [0.4, 0.5) is 18.9 Å². The molecule has 0 unspecified atom stereocenters. The van der Waals surface area contributed by atoms with Crippen LogP contribution in [0.1, 0.15) is 18.4 Å². The maximum absolute atomic E-state index is 13.1. The van der Waals surface area contributed by atoms with Crippen LogP contribution in [-0.2, 0) is 15.8 Å². The Labute approximate surface area is 141 Å². The molecule has 0 aromatic heterocycles. The van der Waals surface area contributed by atoms with Crippen LogP contribution in [0, 0.1) is 23.7 Å². The van der Waals surface area contributed by atoms with Crippen molar-refractivity contribution in [3.8, 4) is 0 Å². The van der Waals surface area contributed by atoms with E-state index < -0.39 is 40.4 Å². The average molecular weight is 356 g/mol. The Morgan fingerprint density at radius 3 is 2.00 bits per heavy atom. The topological polar surface area (TPSA) is 37.4 Å². The number of nitrogens with zero attached hydrogens (tertiary/aromatic N) is 1. The summed E-state index contributed by atoms with van der Waals surface area (Å²) in [5.74, 6) is -1.72. The summed E-state index contributed by atoms with van der Waals surface area (Å²) < 4.78 is 39.2. The van der Waals surface area contributed by atoms with Crippen LogP contribution < -0.4 is 4.90 Å². The van der Waals surface area contributed by atoms with Gasteiger partial charge in [0.2, 0.25) is 11.8 Å². The van der Waals surface area contributed by atoms with Gasteiger partial charge in [0.25, 0.3) is 0 Å². The first-order valence-electron chi connectivity index (χ1n) is 7.72. The molecule has 1 aromatic carbocycles. The van der Waals surface area contributed by atoms with E-state index in [2.05, 4.69) is 0 Å². The van der Waals surface area contributed by atoms with E-state index in [1.165, 1.54) is 6.07 Å². The van der Waals surface area contributed by atoms with Gasteiger partial charge in [-0.1, -0.05) is 23.8 Å². The monoisotopic (exact) mass is 355 g/mol. The fourth-order valence-corrected chi connectivity index (χ4v) is 4.42. The van der Waals surface area contributed by atoms with E-state index in [0.717, 1.165) is 29.9 Å². The van der Waals surface area contributed by atoms with Crippen molar-refractivity contribution in [1.82, 2.24) is 0 Å². The molecule has 7 heteroatoms. The van der Waals surface area contributed by atoms with Gasteiger partial charge >= 0.3 is 6.18 Å². The Kier molecular flexibility index (Phi) is 3.33. The minimum absolute atomic E-state index is 0.00385. The largest absolute Gasteiger partial charge is 0.417 e. The van der Waals surface area contributed by atoms with Crippen LogP contribution in [0.15, 0.2) is 30.4 Å². The highest BCUT2D eigenvalue weighted by atomic mass is 35.5. The first-order chi connectivity index (χ1) is 11.3. The van der Waals surface area contributed by atoms with Gasteiger partial charge in [0.05, 0.1) is 28.1 Å². The van der Waals surface area contributed by atoms with E-state index in [4.69, 9.17) is 11.6 Å². The first-order valence-corrected chi connectivity index (χ1v) is 8.09. The van der Waals surface area contributed by atoms with Gasteiger partial charge in [-0.05, 0) is 42.9 Å². The third kappa shape index (κ3) is 2.12. The molecular formula is C17H13ClF3NO2. The molecule has 4 aliphatic rings. The molecule has 2 amide bonds. The first kappa shape index (κ1) is 15.7. The van der Waals surface area contributed by atoms with Crippen molar-refractivity contribution in [2.75, 3.05) is 4.90 Å². The summed E-state index contributed by atoms with van der Waals surface area (Å²) in [5, 5.41) is -0.454. The van der Waals surface area contributed by atoms with Crippen molar-refractivity contribution < 1.29 is 22.8 Å². The van der Waals surface area contributed by atoms with E-state index in [1.54, 1.807) is 0 Å². The summed E-state index contributed by atoms with van der Waals surface area (Å²) in [6.45, 7) is 0. The van der Waals surface area contributed by atoms with Gasteiger partial charge in [-0.25, -0.2) is 0 Å². The second-order valence-electron chi connectivity index (χ2n) is 6.52. The maximum Gasteiger partial charge on any atom is 0.417 e. The summed E-state index contributed by atoms with van der Waals surface area (Å²) in [7, 11) is 0. The zero-order chi connectivity index (χ0) is 17.2. The number of hydrogen-bond donors (Lipinski definition) is 0. The third-order valence-electron chi connectivity index (χ3n) is 5.27. The second kappa shape index (κ2) is 5.09. The summed E-state index contributed by atoms with van der Waals surface area (Å²) >= 11 is 5.62. The summed E-state index contributed by atoms with van der Waals surface area (Å²) in [5.41, 5.74) is -1.10. The van der Waals surface area contributed by atoms with Crippen molar-refractivity contribution >= 4 is 29.1 Å². The SMILES string of the molecule is O=C1[C@@H]2[C@H](C(=O)N1c1ccc(Cl)c(C(F)(F)F)c1)[C@H]1C=C[C@H]2CC1. The molecule has 3 nitrogen and oxygen atoms in total. The molecule has 5 rings (SSSR count). The summed E-state index contributed by atoms with van der Waals surface area (Å²) in [6, 6.07) is 3.15. The van der Waals surface area contributed by atoms with Gasteiger partial charge in [-0.2, -0.15) is 13.2 Å². The fraction of sp³-hybridized carbons (Fsp3) is 0.412. The quantitative estimate of drug-likeness (QED) is 0.562. The predicted octanol–water partition coefficient (Wildman–Crippen LogP) is 4.06. The average Bonchev–Trinajstić information content (AvgIpc) is 2.82. The van der Waals surface area contributed by atoms with Gasteiger partial charge in [0.1, 0.15) is 0 Å². The zero-order valence-corrected chi connectivity index (χ0v) is 13.1. The maximum atomic E-state index is 13.1. The number of alkyl halides is 3. The van der Waals surface area contributed by atoms with E-state index >= 15 is 0 Å². The Bertz CT molecular complexity index is 742. The lowest BCUT2D eigenvalue weighted by atomic mass is 9.63. The lowest BCUT2D eigenvalue weighted by Gasteiger charge is -2.38. The van der Waals surface area contributed by atoms with E-state index in [0.29, 0.717) is 0 Å². The number of rotatable bonds is 1. The van der Waals surface area contributed by atoms with Crippen molar-refractivity contribution in [3.05, 3.63) is 40.9 Å². The van der Waals surface area contributed by atoms with Crippen LogP contribution in [-0.4, -0.2) is 11.8 Å². The number of anilines is 1. The van der Waals surface area contributed by atoms with Crippen molar-refractivity contribution in [3.63, 3.8) is 0 Å². The van der Waals surface area contributed by atoms with Gasteiger partial charge < -0.3 is 0 Å². The molecule has 1 aromatic rings. The number of amides is 2. The van der Waals surface area contributed by atoms with E-state index in [1.807, 2.05) is 12.2 Å². The van der Waals surface area contributed by atoms with E-state index in [-0.39, 0.29) is 17.5 Å². The number of hydrogen-bond acceptors (Lipinski definition) is 2. The predicted molar refractivity (Wildman–Crippen MR) is 81.3 cm³/mol. The molecule has 0 radical (unpaired) electrons. The van der Waals surface area contributed by atoms with Crippen LogP contribution in [0.25, 0.3) is 0 Å². The summed E-state index contributed by atoms with van der Waals surface area (Å²) in [4.78, 5) is 26.4. The van der Waals surface area contributed by atoms with Crippen LogP contribution in [0.3, 0.4) is 0 Å². The Balaban J connectivity index is 1.76. The highest BCUT2D eigenvalue weighted by molar-refractivity contribution is 6.31. The number of halogens is 4. The normalized spacial score (nSPS) is 31.8. The minimum Gasteiger partial charge on any atom is -0.274 e. The van der Waals surface area contributed by atoms with Gasteiger partial charge in [-0.3, -0.25) is 14.5 Å².